The van der Waals surface area contributed by atoms with E-state index in [0.29, 0.717) is 17.8 Å². The lowest BCUT2D eigenvalue weighted by Crippen LogP contribution is -2.43. The first-order chi connectivity index (χ1) is 14.3. The van der Waals surface area contributed by atoms with Gasteiger partial charge in [0.25, 0.3) is 0 Å². The minimum absolute atomic E-state index is 0.199. The summed E-state index contributed by atoms with van der Waals surface area (Å²) in [6, 6.07) is 10.1. The number of nitrogens with one attached hydrogen (secondary N) is 2. The Morgan fingerprint density at radius 1 is 1.10 bits per heavy atom. The maximum absolute atomic E-state index is 12.4. The number of hydrogen-bond acceptors (Lipinski definition) is 6. The van der Waals surface area contributed by atoms with Crippen molar-refractivity contribution < 1.29 is 24.2 Å². The fourth-order valence-electron chi connectivity index (χ4n) is 3.75. The van der Waals surface area contributed by atoms with Gasteiger partial charge in [0.05, 0.1) is 18.8 Å². The summed E-state index contributed by atoms with van der Waals surface area (Å²) in [6.45, 7) is 2.11. The van der Waals surface area contributed by atoms with Crippen LogP contribution in [-0.2, 0) is 19.7 Å². The maximum atomic E-state index is 12.4. The molecule has 160 valence electrons. The van der Waals surface area contributed by atoms with Crippen LogP contribution in [-0.4, -0.2) is 36.5 Å². The summed E-state index contributed by atoms with van der Waals surface area (Å²) in [5.41, 5.74) is 0.574. The average Bonchev–Trinajstić information content (AvgIpc) is 3.42. The van der Waals surface area contributed by atoms with E-state index in [4.69, 9.17) is 0 Å². The number of esters is 1. The summed E-state index contributed by atoms with van der Waals surface area (Å²) in [5, 5.41) is 15.1. The lowest BCUT2D eigenvalue weighted by molar-refractivity contribution is -0.136. The Hall–Kier alpha value is -2.71. The summed E-state index contributed by atoms with van der Waals surface area (Å²) in [7, 11) is 1.29. The first-order valence-corrected chi connectivity index (χ1v) is 10.7. The monoisotopic (exact) mass is 430 g/mol. The van der Waals surface area contributed by atoms with Crippen LogP contribution in [0.2, 0.25) is 0 Å². The lowest BCUT2D eigenvalue weighted by Gasteiger charge is -2.28. The largest absolute Gasteiger partial charge is 0.465 e. The van der Waals surface area contributed by atoms with Crippen LogP contribution in [0.5, 0.6) is 0 Å². The highest BCUT2D eigenvalue weighted by Crippen LogP contribution is 2.44. The van der Waals surface area contributed by atoms with Gasteiger partial charge < -0.3 is 20.5 Å². The zero-order chi connectivity index (χ0) is 21.7. The summed E-state index contributed by atoms with van der Waals surface area (Å²) < 4.78 is 4.63. The third-order valence-electron chi connectivity index (χ3n) is 5.48. The van der Waals surface area contributed by atoms with E-state index in [9.17, 15) is 19.5 Å². The van der Waals surface area contributed by atoms with Crippen LogP contribution in [0.25, 0.3) is 0 Å². The second-order valence-electron chi connectivity index (χ2n) is 7.57. The van der Waals surface area contributed by atoms with E-state index in [0.717, 1.165) is 35.4 Å². The van der Waals surface area contributed by atoms with Crippen molar-refractivity contribution in [3.05, 3.63) is 51.7 Å². The molecule has 3 rings (SSSR count). The van der Waals surface area contributed by atoms with Gasteiger partial charge in [-0.1, -0.05) is 12.8 Å². The van der Waals surface area contributed by atoms with Crippen molar-refractivity contribution in [3.8, 4) is 0 Å². The zero-order valence-corrected chi connectivity index (χ0v) is 17.9. The molecule has 1 aromatic carbocycles. The molecule has 1 atom stereocenters. The molecule has 0 radical (unpaired) electrons. The van der Waals surface area contributed by atoms with E-state index in [1.165, 1.54) is 19.2 Å². The number of thiophene rings is 1. The van der Waals surface area contributed by atoms with Gasteiger partial charge in [-0.05, 0) is 56.2 Å². The van der Waals surface area contributed by atoms with Crippen LogP contribution in [0.1, 0.15) is 58.8 Å². The minimum atomic E-state index is -0.759. The Balaban J connectivity index is 1.61. The number of aliphatic hydroxyl groups excluding tert-OH is 1. The highest BCUT2D eigenvalue weighted by atomic mass is 32.1. The molecule has 1 fully saturated rings. The molecule has 7 nitrogen and oxygen atoms in total. The van der Waals surface area contributed by atoms with Crippen LogP contribution in [0.15, 0.2) is 36.4 Å². The Labute approximate surface area is 179 Å². The van der Waals surface area contributed by atoms with Crippen molar-refractivity contribution in [2.75, 3.05) is 19.0 Å². The highest BCUT2D eigenvalue weighted by Gasteiger charge is 2.37. The van der Waals surface area contributed by atoms with Crippen molar-refractivity contribution >= 4 is 34.8 Å². The molecule has 1 heterocycles. The van der Waals surface area contributed by atoms with Gasteiger partial charge in [0.2, 0.25) is 0 Å². The van der Waals surface area contributed by atoms with E-state index < -0.39 is 23.9 Å². The standard InChI is InChI=1S/C22H26N2O5S/c1-14(25)17-9-10-18(30-17)22(11-3-4-12-22)13-23-19(26)20(27)24-16-7-5-15(6-8-16)21(28)29-2/h5-10,14,25H,3-4,11-13H2,1-2H3,(H,23,26)(H,24,27)/t14-/m1/s1. The fraction of sp³-hybridized carbons (Fsp3) is 0.409. The van der Waals surface area contributed by atoms with Gasteiger partial charge >= 0.3 is 17.8 Å². The first kappa shape index (κ1) is 22.0. The second-order valence-corrected chi connectivity index (χ2v) is 8.69. The molecule has 0 bridgehead atoms. The van der Waals surface area contributed by atoms with Gasteiger partial charge in [-0.2, -0.15) is 0 Å². The third-order valence-corrected chi connectivity index (χ3v) is 6.98. The van der Waals surface area contributed by atoms with Crippen molar-refractivity contribution in [3.63, 3.8) is 0 Å². The number of carbonyl (C=O) groups is 3. The summed E-state index contributed by atoms with van der Waals surface area (Å²) in [4.78, 5) is 38.2. The molecule has 1 aliphatic carbocycles. The average molecular weight is 431 g/mol. The highest BCUT2D eigenvalue weighted by molar-refractivity contribution is 7.12. The van der Waals surface area contributed by atoms with E-state index in [1.807, 2.05) is 12.1 Å². The molecule has 30 heavy (non-hydrogen) atoms. The van der Waals surface area contributed by atoms with E-state index in [-0.39, 0.29) is 5.41 Å². The van der Waals surface area contributed by atoms with Crippen LogP contribution in [0.3, 0.4) is 0 Å². The van der Waals surface area contributed by atoms with Crippen molar-refractivity contribution in [2.24, 2.45) is 0 Å². The Bertz CT molecular complexity index is 914. The first-order valence-electron chi connectivity index (χ1n) is 9.90. The molecule has 0 unspecified atom stereocenters. The van der Waals surface area contributed by atoms with Crippen LogP contribution in [0, 0.1) is 0 Å². The number of carbonyl (C=O) groups excluding carboxylic acids is 3. The Kier molecular flexibility index (Phi) is 6.89. The van der Waals surface area contributed by atoms with Crippen molar-refractivity contribution in [1.82, 2.24) is 5.32 Å². The van der Waals surface area contributed by atoms with Gasteiger partial charge in [0.15, 0.2) is 0 Å². The SMILES string of the molecule is COC(=O)c1ccc(NC(=O)C(=O)NCC2(c3ccc([C@@H](C)O)s3)CCCC2)cc1. The van der Waals surface area contributed by atoms with Crippen molar-refractivity contribution in [2.45, 2.75) is 44.1 Å². The number of methoxy groups -OCH3 is 1. The molecule has 1 saturated carbocycles. The Morgan fingerprint density at radius 3 is 2.33 bits per heavy atom. The van der Waals surface area contributed by atoms with Crippen molar-refractivity contribution in [1.29, 1.82) is 0 Å². The molecule has 3 N–H and O–H groups in total. The molecular weight excluding hydrogens is 404 g/mol. The molecule has 0 aliphatic heterocycles. The molecule has 1 aliphatic rings. The third kappa shape index (κ3) is 4.88. The topological polar surface area (TPSA) is 105 Å². The fourth-order valence-corrected chi connectivity index (χ4v) is 4.94. The van der Waals surface area contributed by atoms with Gasteiger partial charge in [-0.25, -0.2) is 4.79 Å². The maximum Gasteiger partial charge on any atom is 0.337 e. The second kappa shape index (κ2) is 9.40. The van der Waals surface area contributed by atoms with Gasteiger partial charge in [-0.3, -0.25) is 9.59 Å². The van der Waals surface area contributed by atoms with E-state index >= 15 is 0 Å². The summed E-state index contributed by atoms with van der Waals surface area (Å²) in [5.74, 6) is -1.93. The van der Waals surface area contributed by atoms with Crippen LogP contribution >= 0.6 is 11.3 Å². The quantitative estimate of drug-likeness (QED) is 0.482. The molecule has 2 amide bonds. The number of hydrogen-bond donors (Lipinski definition) is 3. The smallest absolute Gasteiger partial charge is 0.337 e. The summed E-state index contributed by atoms with van der Waals surface area (Å²) >= 11 is 1.57. The number of ether oxygens (including phenoxy) is 1. The van der Waals surface area contributed by atoms with E-state index in [1.54, 1.807) is 30.4 Å². The molecule has 2 aromatic rings. The van der Waals surface area contributed by atoms with Gasteiger partial charge in [0.1, 0.15) is 0 Å². The molecule has 0 spiro atoms. The number of anilines is 1. The molecule has 1 aromatic heterocycles. The number of rotatable bonds is 6. The normalized spacial score (nSPS) is 16.0. The summed E-state index contributed by atoms with van der Waals surface area (Å²) in [6.07, 6.45) is 3.48. The number of amides is 2. The van der Waals surface area contributed by atoms with Gasteiger partial charge in [0, 0.05) is 27.4 Å². The minimum Gasteiger partial charge on any atom is -0.465 e. The molecular formula is C22H26N2O5S. The number of benzene rings is 1. The molecule has 0 saturated heterocycles. The Morgan fingerprint density at radius 2 is 1.77 bits per heavy atom. The van der Waals surface area contributed by atoms with E-state index in [2.05, 4.69) is 15.4 Å². The van der Waals surface area contributed by atoms with Gasteiger partial charge in [-0.15, -0.1) is 11.3 Å². The predicted octanol–water partition coefficient (Wildman–Crippen LogP) is 3.15. The number of aliphatic hydroxyl groups is 1. The zero-order valence-electron chi connectivity index (χ0n) is 17.1. The predicted molar refractivity (Wildman–Crippen MR) is 115 cm³/mol. The van der Waals surface area contributed by atoms with Crippen LogP contribution in [0.4, 0.5) is 5.69 Å². The van der Waals surface area contributed by atoms with Crippen LogP contribution < -0.4 is 10.6 Å². The molecule has 8 heteroatoms. The lowest BCUT2D eigenvalue weighted by atomic mass is 9.84.